The smallest absolute Gasteiger partial charge is 0.272 e. The highest BCUT2D eigenvalue weighted by atomic mass is 32.2. The minimum absolute atomic E-state index is 0.0746. The van der Waals surface area contributed by atoms with Crippen LogP contribution in [0.4, 0.5) is 11.4 Å². The molecule has 0 aliphatic heterocycles. The van der Waals surface area contributed by atoms with E-state index in [0.29, 0.717) is 41.5 Å². The van der Waals surface area contributed by atoms with Crippen LogP contribution < -0.4 is 25.4 Å². The summed E-state index contributed by atoms with van der Waals surface area (Å²) >= 11 is 1.37. The molecule has 1 atom stereocenters. The Morgan fingerprint density at radius 2 is 1.48 bits per heavy atom. The van der Waals surface area contributed by atoms with Crippen molar-refractivity contribution in [2.75, 3.05) is 23.8 Å². The second-order valence-corrected chi connectivity index (χ2v) is 11.8. The molecule has 0 fully saturated rings. The van der Waals surface area contributed by atoms with Crippen molar-refractivity contribution in [2.45, 2.75) is 43.8 Å². The average molecular weight is 638 g/mol. The Labute approximate surface area is 274 Å². The summed E-state index contributed by atoms with van der Waals surface area (Å²) < 4.78 is 11.2. The minimum atomic E-state index is -0.492. The molecule has 0 aromatic heterocycles. The van der Waals surface area contributed by atoms with Crippen LogP contribution in [0.1, 0.15) is 49.5 Å². The maximum Gasteiger partial charge on any atom is 0.272 e. The number of rotatable bonds is 15. The van der Waals surface area contributed by atoms with Crippen molar-refractivity contribution in [2.24, 2.45) is 0 Å². The van der Waals surface area contributed by atoms with Gasteiger partial charge in [0.15, 0.2) is 0 Å². The third kappa shape index (κ3) is 10.6. The summed E-state index contributed by atoms with van der Waals surface area (Å²) in [6.45, 7) is 7.05. The van der Waals surface area contributed by atoms with Gasteiger partial charge in [0.2, 0.25) is 5.91 Å². The van der Waals surface area contributed by atoms with Crippen LogP contribution in [0, 0.1) is 0 Å². The topological polar surface area (TPSA) is 106 Å². The van der Waals surface area contributed by atoms with E-state index in [9.17, 15) is 14.4 Å². The van der Waals surface area contributed by atoms with Crippen molar-refractivity contribution >= 4 is 46.9 Å². The molecule has 0 aliphatic rings. The van der Waals surface area contributed by atoms with Gasteiger partial charge in [-0.2, -0.15) is 0 Å². The number of anilines is 2. The van der Waals surface area contributed by atoms with Crippen LogP contribution in [0.3, 0.4) is 0 Å². The van der Waals surface area contributed by atoms with Crippen LogP contribution in [0.5, 0.6) is 11.5 Å². The van der Waals surface area contributed by atoms with E-state index in [-0.39, 0.29) is 11.6 Å². The van der Waals surface area contributed by atoms with Crippen LogP contribution in [-0.2, 0) is 9.59 Å². The van der Waals surface area contributed by atoms with Gasteiger partial charge in [-0.1, -0.05) is 49.7 Å². The van der Waals surface area contributed by atoms with Crippen molar-refractivity contribution in [1.29, 1.82) is 0 Å². The molecule has 3 N–H and O–H groups in total. The molecule has 4 aromatic carbocycles. The quantitative estimate of drug-likeness (QED) is 0.0698. The summed E-state index contributed by atoms with van der Waals surface area (Å²) in [4.78, 5) is 40.2. The molecule has 4 aromatic rings. The molecular formula is C37H39N3O5S. The summed E-state index contributed by atoms with van der Waals surface area (Å²) in [6.07, 6.45) is 3.67. The lowest BCUT2D eigenvalue weighted by Crippen LogP contribution is -2.30. The summed E-state index contributed by atoms with van der Waals surface area (Å²) in [6, 6.07) is 30.5. The van der Waals surface area contributed by atoms with Crippen LogP contribution in [-0.4, -0.2) is 36.2 Å². The monoisotopic (exact) mass is 637 g/mol. The molecule has 0 aliphatic carbocycles. The number of ether oxygens (including phenoxy) is 2. The fourth-order valence-corrected chi connectivity index (χ4v) is 5.18. The number of amides is 3. The predicted octanol–water partition coefficient (Wildman–Crippen LogP) is 7.79. The molecule has 46 heavy (non-hydrogen) atoms. The molecule has 0 saturated carbocycles. The highest BCUT2D eigenvalue weighted by Gasteiger charge is 2.17. The van der Waals surface area contributed by atoms with Crippen molar-refractivity contribution in [3.8, 4) is 11.5 Å². The number of benzene rings is 4. The van der Waals surface area contributed by atoms with E-state index in [1.165, 1.54) is 11.8 Å². The molecule has 1 unspecified atom stereocenters. The van der Waals surface area contributed by atoms with Gasteiger partial charge < -0.3 is 25.4 Å². The van der Waals surface area contributed by atoms with Gasteiger partial charge in [-0.3, -0.25) is 14.4 Å². The first-order valence-electron chi connectivity index (χ1n) is 15.3. The van der Waals surface area contributed by atoms with Crippen molar-refractivity contribution < 1.29 is 23.9 Å². The summed E-state index contributed by atoms with van der Waals surface area (Å²) in [5.41, 5.74) is 2.42. The number of carbonyl (C=O) groups is 3. The fourth-order valence-electron chi connectivity index (χ4n) is 4.25. The van der Waals surface area contributed by atoms with Crippen molar-refractivity contribution in [3.05, 3.63) is 120 Å². The van der Waals surface area contributed by atoms with E-state index >= 15 is 0 Å². The third-order valence-electron chi connectivity index (χ3n) is 6.69. The van der Waals surface area contributed by atoms with E-state index in [1.54, 1.807) is 60.7 Å². The second kappa shape index (κ2) is 17.5. The normalized spacial score (nSPS) is 11.7. The first-order chi connectivity index (χ1) is 22.3. The lowest BCUT2D eigenvalue weighted by atomic mass is 10.1. The molecule has 3 amide bonds. The Morgan fingerprint density at radius 1 is 0.783 bits per heavy atom. The zero-order valence-corrected chi connectivity index (χ0v) is 27.1. The van der Waals surface area contributed by atoms with E-state index in [1.807, 2.05) is 62.4 Å². The minimum Gasteiger partial charge on any atom is -0.494 e. The third-order valence-corrected chi connectivity index (χ3v) is 7.79. The number of hydrogen-bond donors (Lipinski definition) is 3. The molecule has 4 rings (SSSR count). The first kappa shape index (κ1) is 33.9. The molecule has 9 heteroatoms. The van der Waals surface area contributed by atoms with Gasteiger partial charge in [0.25, 0.3) is 11.8 Å². The van der Waals surface area contributed by atoms with E-state index < -0.39 is 17.1 Å². The summed E-state index contributed by atoms with van der Waals surface area (Å²) in [5.74, 6) is 0.429. The molecule has 0 spiro atoms. The Morgan fingerprint density at radius 3 is 2.17 bits per heavy atom. The Hall–Kier alpha value is -5.02. The Bertz CT molecular complexity index is 1620. The molecule has 0 saturated heterocycles. The molecule has 0 bridgehead atoms. The second-order valence-electron chi connectivity index (χ2n) is 10.3. The lowest BCUT2D eigenvalue weighted by molar-refractivity contribution is -0.115. The standard InChI is InChI=1S/C37H39N3O5S/c1-4-6-23-45-32-21-17-29(18-22-32)38-35(41)26(3)46-33-14-10-13-30(25-33)39-37(43)34(40-36(42)28-11-8-7-9-12-28)24-27-15-19-31(20-16-27)44-5-2/h7-22,24-26H,4-6,23H2,1-3H3,(H,38,41)(H,39,43)(H,40,42)/b34-24+. The number of thioether (sulfide) groups is 1. The van der Waals surface area contributed by atoms with Crippen LogP contribution in [0.2, 0.25) is 0 Å². The summed E-state index contributed by atoms with van der Waals surface area (Å²) in [5, 5.41) is 8.17. The first-order valence-corrected chi connectivity index (χ1v) is 16.1. The van der Waals surface area contributed by atoms with Crippen molar-refractivity contribution in [3.63, 3.8) is 0 Å². The van der Waals surface area contributed by atoms with Gasteiger partial charge in [0.1, 0.15) is 17.2 Å². The number of carbonyl (C=O) groups excluding carboxylic acids is 3. The van der Waals surface area contributed by atoms with Gasteiger partial charge in [-0.15, -0.1) is 11.8 Å². The molecule has 0 radical (unpaired) electrons. The van der Waals surface area contributed by atoms with Crippen LogP contribution in [0.25, 0.3) is 6.08 Å². The van der Waals surface area contributed by atoms with E-state index in [4.69, 9.17) is 9.47 Å². The van der Waals surface area contributed by atoms with Crippen molar-refractivity contribution in [1.82, 2.24) is 5.32 Å². The summed E-state index contributed by atoms with van der Waals surface area (Å²) in [7, 11) is 0. The Kier molecular flexibility index (Phi) is 12.9. The Balaban J connectivity index is 1.42. The largest absolute Gasteiger partial charge is 0.494 e. The van der Waals surface area contributed by atoms with Gasteiger partial charge in [-0.05, 0) is 98.6 Å². The maximum absolute atomic E-state index is 13.5. The van der Waals surface area contributed by atoms with Gasteiger partial charge in [-0.25, -0.2) is 0 Å². The van der Waals surface area contributed by atoms with Crippen LogP contribution in [0.15, 0.2) is 114 Å². The maximum atomic E-state index is 13.5. The van der Waals surface area contributed by atoms with Gasteiger partial charge >= 0.3 is 0 Å². The molecule has 0 heterocycles. The molecular weight excluding hydrogens is 598 g/mol. The SMILES string of the molecule is CCCCOc1ccc(NC(=O)C(C)Sc2cccc(NC(=O)/C(=C\c3ccc(OCC)cc3)NC(=O)c3ccccc3)c2)cc1. The highest BCUT2D eigenvalue weighted by molar-refractivity contribution is 8.00. The van der Waals surface area contributed by atoms with Crippen LogP contribution >= 0.6 is 11.8 Å². The number of hydrogen-bond acceptors (Lipinski definition) is 6. The molecule has 8 nitrogen and oxygen atoms in total. The van der Waals surface area contributed by atoms with Gasteiger partial charge in [0, 0.05) is 21.8 Å². The van der Waals surface area contributed by atoms with E-state index in [0.717, 1.165) is 23.5 Å². The fraction of sp³-hybridized carbons (Fsp3) is 0.216. The van der Waals surface area contributed by atoms with Gasteiger partial charge in [0.05, 0.1) is 18.5 Å². The zero-order valence-electron chi connectivity index (χ0n) is 26.2. The average Bonchev–Trinajstić information content (AvgIpc) is 3.07. The predicted molar refractivity (Wildman–Crippen MR) is 185 cm³/mol. The highest BCUT2D eigenvalue weighted by Crippen LogP contribution is 2.27. The van der Waals surface area contributed by atoms with E-state index in [2.05, 4.69) is 22.9 Å². The molecule has 238 valence electrons. The number of nitrogens with one attached hydrogen (secondary N) is 3. The zero-order chi connectivity index (χ0) is 32.7. The number of unbranched alkanes of at least 4 members (excludes halogenated alkanes) is 1. The lowest BCUT2D eigenvalue weighted by Gasteiger charge is -2.14.